The molecular weight excluding hydrogens is 285 g/mol. The highest BCUT2D eigenvalue weighted by Gasteiger charge is 2.51. The first kappa shape index (κ1) is 16.5. The maximum absolute atomic E-state index is 12.7. The van der Waals surface area contributed by atoms with Crippen LogP contribution in [0.4, 0.5) is 13.2 Å². The van der Waals surface area contributed by atoms with E-state index in [4.69, 9.17) is 10.5 Å². The van der Waals surface area contributed by atoms with Crippen molar-refractivity contribution in [2.75, 3.05) is 26.2 Å². The number of alkyl halides is 3. The Labute approximate surface area is 122 Å². The Hall–Kier alpha value is -0.820. The van der Waals surface area contributed by atoms with E-state index < -0.39 is 23.6 Å². The minimum Gasteiger partial charge on any atom is -0.465 e. The van der Waals surface area contributed by atoms with Gasteiger partial charge < -0.3 is 15.4 Å². The van der Waals surface area contributed by atoms with Gasteiger partial charge in [0.1, 0.15) is 5.54 Å². The summed E-state index contributed by atoms with van der Waals surface area (Å²) in [6, 6.07) is 0. The number of hydrogen-bond acceptors (Lipinski definition) is 4. The van der Waals surface area contributed by atoms with Crippen molar-refractivity contribution in [3.05, 3.63) is 0 Å². The van der Waals surface area contributed by atoms with Crippen LogP contribution in [0.3, 0.4) is 0 Å². The molecule has 1 atom stereocenters. The fraction of sp³-hybridized carbons (Fsp3) is 0.929. The highest BCUT2D eigenvalue weighted by atomic mass is 19.4. The first-order chi connectivity index (χ1) is 9.77. The summed E-state index contributed by atoms with van der Waals surface area (Å²) in [5.74, 6) is -1.56. The summed E-state index contributed by atoms with van der Waals surface area (Å²) >= 11 is 0. The summed E-state index contributed by atoms with van der Waals surface area (Å²) in [6.07, 6.45) is -2.20. The van der Waals surface area contributed by atoms with Crippen LogP contribution in [0, 0.1) is 11.8 Å². The van der Waals surface area contributed by atoms with Crippen molar-refractivity contribution >= 4 is 5.97 Å². The second-order valence-electron chi connectivity index (χ2n) is 6.13. The molecule has 2 aliphatic rings. The maximum atomic E-state index is 12.7. The molecule has 4 nitrogen and oxygen atoms in total. The van der Waals surface area contributed by atoms with E-state index in [1.165, 1.54) is 0 Å². The molecule has 21 heavy (non-hydrogen) atoms. The van der Waals surface area contributed by atoms with Crippen LogP contribution in [0.5, 0.6) is 0 Å². The zero-order chi connectivity index (χ0) is 15.7. The lowest BCUT2D eigenvalue weighted by molar-refractivity contribution is -0.186. The summed E-state index contributed by atoms with van der Waals surface area (Å²) in [5.41, 5.74) is 5.18. The van der Waals surface area contributed by atoms with Gasteiger partial charge in [0.15, 0.2) is 0 Å². The van der Waals surface area contributed by atoms with Crippen LogP contribution in [0.2, 0.25) is 0 Å². The van der Waals surface area contributed by atoms with Crippen molar-refractivity contribution in [2.24, 2.45) is 17.6 Å². The SMILES string of the molecule is CCOC(=O)C(N)(CN1CCC(C(F)(F)F)CC1)C1CC1. The summed E-state index contributed by atoms with van der Waals surface area (Å²) < 4.78 is 43.0. The van der Waals surface area contributed by atoms with E-state index in [9.17, 15) is 18.0 Å². The second-order valence-corrected chi connectivity index (χ2v) is 6.13. The molecule has 2 N–H and O–H groups in total. The van der Waals surface area contributed by atoms with Crippen LogP contribution in [0.1, 0.15) is 32.6 Å². The van der Waals surface area contributed by atoms with Crippen LogP contribution < -0.4 is 5.73 Å². The molecule has 0 radical (unpaired) electrons. The van der Waals surface area contributed by atoms with Crippen molar-refractivity contribution in [3.63, 3.8) is 0 Å². The molecule has 2 fully saturated rings. The number of rotatable bonds is 5. The molecule has 0 bridgehead atoms. The third kappa shape index (κ3) is 3.88. The third-order valence-corrected chi connectivity index (χ3v) is 4.50. The molecule has 0 aromatic heterocycles. The second kappa shape index (κ2) is 6.12. The Morgan fingerprint density at radius 3 is 2.19 bits per heavy atom. The molecule has 1 aliphatic heterocycles. The molecule has 1 saturated carbocycles. The van der Waals surface area contributed by atoms with Crippen LogP contribution in [0.15, 0.2) is 0 Å². The first-order valence-electron chi connectivity index (χ1n) is 7.52. The van der Waals surface area contributed by atoms with Crippen LogP contribution in [-0.4, -0.2) is 48.8 Å². The zero-order valence-electron chi connectivity index (χ0n) is 12.3. The monoisotopic (exact) mass is 308 g/mol. The number of esters is 1. The molecule has 1 unspecified atom stereocenters. The highest BCUT2D eigenvalue weighted by molar-refractivity contribution is 5.82. The Balaban J connectivity index is 1.92. The van der Waals surface area contributed by atoms with Crippen LogP contribution in [0.25, 0.3) is 0 Å². The van der Waals surface area contributed by atoms with Gasteiger partial charge in [-0.25, -0.2) is 4.79 Å². The van der Waals surface area contributed by atoms with E-state index in [0.29, 0.717) is 19.6 Å². The minimum atomic E-state index is -4.12. The molecule has 1 heterocycles. The zero-order valence-corrected chi connectivity index (χ0v) is 12.3. The van der Waals surface area contributed by atoms with Crippen molar-refractivity contribution in [3.8, 4) is 0 Å². The quantitative estimate of drug-likeness (QED) is 0.789. The number of likely N-dealkylation sites (tertiary alicyclic amines) is 1. The number of nitrogens with two attached hydrogens (primary N) is 1. The predicted molar refractivity (Wildman–Crippen MR) is 71.5 cm³/mol. The summed E-state index contributed by atoms with van der Waals surface area (Å²) in [7, 11) is 0. The molecule has 0 aromatic carbocycles. The number of hydrogen-bond donors (Lipinski definition) is 1. The van der Waals surface area contributed by atoms with E-state index in [-0.39, 0.29) is 25.4 Å². The van der Waals surface area contributed by atoms with Gasteiger partial charge in [0, 0.05) is 6.54 Å². The largest absolute Gasteiger partial charge is 0.465 e. The Kier molecular flexibility index (Phi) is 4.82. The van der Waals surface area contributed by atoms with Gasteiger partial charge in [-0.3, -0.25) is 0 Å². The van der Waals surface area contributed by atoms with Gasteiger partial charge in [0.2, 0.25) is 0 Å². The third-order valence-electron chi connectivity index (χ3n) is 4.50. The van der Waals surface area contributed by atoms with Gasteiger partial charge in [-0.2, -0.15) is 13.2 Å². The number of carbonyl (C=O) groups excluding carboxylic acids is 1. The van der Waals surface area contributed by atoms with Gasteiger partial charge in [0.25, 0.3) is 0 Å². The molecule has 122 valence electrons. The lowest BCUT2D eigenvalue weighted by Crippen LogP contribution is -2.59. The molecule has 0 amide bonds. The highest BCUT2D eigenvalue weighted by Crippen LogP contribution is 2.40. The lowest BCUT2D eigenvalue weighted by Gasteiger charge is -2.38. The van der Waals surface area contributed by atoms with E-state index in [1.807, 2.05) is 4.90 Å². The van der Waals surface area contributed by atoms with Crippen LogP contribution >= 0.6 is 0 Å². The maximum Gasteiger partial charge on any atom is 0.391 e. The fourth-order valence-corrected chi connectivity index (χ4v) is 3.01. The van der Waals surface area contributed by atoms with Crippen molar-refractivity contribution in [1.29, 1.82) is 0 Å². The van der Waals surface area contributed by atoms with E-state index >= 15 is 0 Å². The number of piperidine rings is 1. The van der Waals surface area contributed by atoms with Gasteiger partial charge in [-0.05, 0) is 51.6 Å². The molecule has 0 aromatic rings. The van der Waals surface area contributed by atoms with Crippen molar-refractivity contribution in [2.45, 2.75) is 44.3 Å². The topological polar surface area (TPSA) is 55.6 Å². The van der Waals surface area contributed by atoms with Gasteiger partial charge in [-0.15, -0.1) is 0 Å². The number of carbonyl (C=O) groups is 1. The molecule has 1 aliphatic carbocycles. The minimum absolute atomic E-state index is 0.0765. The van der Waals surface area contributed by atoms with Gasteiger partial charge >= 0.3 is 12.1 Å². The fourth-order valence-electron chi connectivity index (χ4n) is 3.01. The molecular formula is C14H23F3N2O2. The number of ether oxygens (including phenoxy) is 1. The van der Waals surface area contributed by atoms with E-state index in [2.05, 4.69) is 0 Å². The molecule has 1 saturated heterocycles. The average molecular weight is 308 g/mol. The summed E-state index contributed by atoms with van der Waals surface area (Å²) in [6.45, 7) is 2.94. The molecule has 2 rings (SSSR count). The summed E-state index contributed by atoms with van der Waals surface area (Å²) in [4.78, 5) is 14.0. The molecule has 7 heteroatoms. The van der Waals surface area contributed by atoms with Gasteiger partial charge in [-0.1, -0.05) is 0 Å². The number of halogens is 3. The Morgan fingerprint density at radius 2 is 1.76 bits per heavy atom. The molecule has 0 spiro atoms. The predicted octanol–water partition coefficient (Wildman–Crippen LogP) is 1.93. The van der Waals surface area contributed by atoms with Crippen molar-refractivity contribution < 1.29 is 22.7 Å². The lowest BCUT2D eigenvalue weighted by atomic mass is 9.90. The van der Waals surface area contributed by atoms with Crippen LogP contribution in [-0.2, 0) is 9.53 Å². The average Bonchev–Trinajstić information content (AvgIpc) is 3.23. The van der Waals surface area contributed by atoms with E-state index in [1.54, 1.807) is 6.92 Å². The van der Waals surface area contributed by atoms with E-state index in [0.717, 1.165) is 12.8 Å². The van der Waals surface area contributed by atoms with Crippen molar-refractivity contribution in [1.82, 2.24) is 4.90 Å². The smallest absolute Gasteiger partial charge is 0.391 e. The summed E-state index contributed by atoms with van der Waals surface area (Å²) in [5, 5.41) is 0. The first-order valence-corrected chi connectivity index (χ1v) is 7.52. The number of nitrogens with zero attached hydrogens (tertiary/aromatic N) is 1. The standard InChI is InChI=1S/C14H23F3N2O2/c1-2-21-12(20)13(18,10-3-4-10)9-19-7-5-11(6-8-19)14(15,16)17/h10-11H,2-9,18H2,1H3. The Morgan fingerprint density at radius 1 is 1.19 bits per heavy atom. The normalized spacial score (nSPS) is 24.6. The van der Waals surface area contributed by atoms with Gasteiger partial charge in [0.05, 0.1) is 12.5 Å². The Bertz CT molecular complexity index is 377.